The van der Waals surface area contributed by atoms with Crippen molar-refractivity contribution in [1.82, 2.24) is 0 Å². The lowest BCUT2D eigenvalue weighted by molar-refractivity contribution is 0.0421. The van der Waals surface area contributed by atoms with E-state index < -0.39 is 29.2 Å². The molecule has 108 valence electrons. The highest BCUT2D eigenvalue weighted by molar-refractivity contribution is 5.46. The van der Waals surface area contributed by atoms with Crippen LogP contribution < -0.4 is 5.32 Å². The number of nitrogens with one attached hydrogen (secondary N) is 1. The number of anilines is 1. The van der Waals surface area contributed by atoms with Crippen molar-refractivity contribution in [3.63, 3.8) is 0 Å². The van der Waals surface area contributed by atoms with E-state index in [9.17, 15) is 18.3 Å². The first-order valence-corrected chi connectivity index (χ1v) is 6.18. The Kier molecular flexibility index (Phi) is 6.66. The molecule has 0 aliphatic carbocycles. The van der Waals surface area contributed by atoms with Gasteiger partial charge in [0, 0.05) is 25.3 Å². The van der Waals surface area contributed by atoms with E-state index in [2.05, 4.69) is 5.32 Å². The Hall–Kier alpha value is -1.27. The molecule has 0 bridgehead atoms. The molecule has 3 nitrogen and oxygen atoms in total. The van der Waals surface area contributed by atoms with Gasteiger partial charge in [0.05, 0.1) is 12.7 Å². The summed E-state index contributed by atoms with van der Waals surface area (Å²) in [5.74, 6) is -3.04. The highest BCUT2D eigenvalue weighted by atomic mass is 19.1. The summed E-state index contributed by atoms with van der Waals surface area (Å²) in [5, 5.41) is 11.9. The minimum Gasteiger partial charge on any atom is -0.389 e. The minimum absolute atomic E-state index is 0.0778. The molecule has 6 heteroatoms. The summed E-state index contributed by atoms with van der Waals surface area (Å²) in [5.41, 5.74) is -0.450. The zero-order chi connectivity index (χ0) is 14.3. The van der Waals surface area contributed by atoms with Crippen molar-refractivity contribution in [2.45, 2.75) is 25.9 Å². The lowest BCUT2D eigenvalue weighted by Gasteiger charge is -2.14. The number of rotatable bonds is 8. The van der Waals surface area contributed by atoms with Crippen LogP contribution in [0.3, 0.4) is 0 Å². The number of aliphatic hydroxyl groups excluding tert-OH is 1. The van der Waals surface area contributed by atoms with Gasteiger partial charge in [-0.05, 0) is 6.42 Å². The number of benzene rings is 1. The molecule has 2 N–H and O–H groups in total. The minimum atomic E-state index is -1.03. The highest BCUT2D eigenvalue weighted by Crippen LogP contribution is 2.19. The lowest BCUT2D eigenvalue weighted by atomic mass is 10.2. The van der Waals surface area contributed by atoms with Crippen LogP contribution in [-0.2, 0) is 4.74 Å². The number of hydrogen-bond donors (Lipinski definition) is 2. The monoisotopic (exact) mass is 277 g/mol. The van der Waals surface area contributed by atoms with Gasteiger partial charge in [0.25, 0.3) is 0 Å². The maximum absolute atomic E-state index is 13.3. The van der Waals surface area contributed by atoms with Crippen molar-refractivity contribution in [3.8, 4) is 0 Å². The van der Waals surface area contributed by atoms with Crippen LogP contribution in [0.25, 0.3) is 0 Å². The predicted molar refractivity (Wildman–Crippen MR) is 66.5 cm³/mol. The standard InChI is InChI=1S/C13H18F3NO2/c1-2-3-4-19-8-10(18)7-17-13-11(15)5-9(14)6-12(13)16/h5-6,10,17-18H,2-4,7-8H2,1H3. The van der Waals surface area contributed by atoms with Crippen molar-refractivity contribution in [2.75, 3.05) is 25.1 Å². The summed E-state index contributed by atoms with van der Waals surface area (Å²) < 4.78 is 44.4. The first kappa shape index (κ1) is 15.8. The molecule has 0 heterocycles. The van der Waals surface area contributed by atoms with Crippen LogP contribution in [0.2, 0.25) is 0 Å². The Labute approximate surface area is 110 Å². The number of aliphatic hydroxyl groups is 1. The van der Waals surface area contributed by atoms with Crippen LogP contribution in [0.5, 0.6) is 0 Å². The molecule has 1 rings (SSSR count). The largest absolute Gasteiger partial charge is 0.389 e. The van der Waals surface area contributed by atoms with Gasteiger partial charge in [-0.15, -0.1) is 0 Å². The first-order valence-electron chi connectivity index (χ1n) is 6.18. The van der Waals surface area contributed by atoms with Crippen LogP contribution in [0, 0.1) is 17.5 Å². The quantitative estimate of drug-likeness (QED) is 0.718. The van der Waals surface area contributed by atoms with Crippen molar-refractivity contribution in [2.24, 2.45) is 0 Å². The molecule has 0 fully saturated rings. The van der Waals surface area contributed by atoms with Gasteiger partial charge in [-0.1, -0.05) is 13.3 Å². The topological polar surface area (TPSA) is 41.5 Å². The normalized spacial score (nSPS) is 12.5. The van der Waals surface area contributed by atoms with Crippen molar-refractivity contribution in [1.29, 1.82) is 0 Å². The highest BCUT2D eigenvalue weighted by Gasteiger charge is 2.12. The van der Waals surface area contributed by atoms with Gasteiger partial charge >= 0.3 is 0 Å². The average Bonchev–Trinajstić information content (AvgIpc) is 2.33. The molecule has 0 aliphatic rings. The van der Waals surface area contributed by atoms with Gasteiger partial charge < -0.3 is 15.2 Å². The molecule has 19 heavy (non-hydrogen) atoms. The molecule has 0 amide bonds. The fourth-order valence-corrected chi connectivity index (χ4v) is 1.46. The molecule has 1 aromatic rings. The van der Waals surface area contributed by atoms with Gasteiger partial charge in [0.1, 0.15) is 11.5 Å². The van der Waals surface area contributed by atoms with Crippen LogP contribution >= 0.6 is 0 Å². The van der Waals surface area contributed by atoms with Crippen LogP contribution in [0.1, 0.15) is 19.8 Å². The van der Waals surface area contributed by atoms with Crippen molar-refractivity contribution in [3.05, 3.63) is 29.6 Å². The van der Waals surface area contributed by atoms with Gasteiger partial charge in [0.2, 0.25) is 0 Å². The molecule has 0 aliphatic heterocycles. The van der Waals surface area contributed by atoms with E-state index in [1.807, 2.05) is 6.92 Å². The Balaban J connectivity index is 2.40. The molecule has 0 saturated carbocycles. The molecule has 1 unspecified atom stereocenters. The SMILES string of the molecule is CCCCOCC(O)CNc1c(F)cc(F)cc1F. The zero-order valence-electron chi connectivity index (χ0n) is 10.8. The van der Waals surface area contributed by atoms with E-state index >= 15 is 0 Å². The van der Waals surface area contributed by atoms with E-state index in [0.717, 1.165) is 12.8 Å². The second-order valence-corrected chi connectivity index (χ2v) is 4.21. The number of unbranched alkanes of at least 4 members (excludes halogenated alkanes) is 1. The van der Waals surface area contributed by atoms with E-state index in [0.29, 0.717) is 18.7 Å². The summed E-state index contributed by atoms with van der Waals surface area (Å²) in [4.78, 5) is 0. The fraction of sp³-hybridized carbons (Fsp3) is 0.538. The summed E-state index contributed by atoms with van der Waals surface area (Å²) in [6.07, 6.45) is 0.988. The maximum atomic E-state index is 13.3. The Morgan fingerprint density at radius 3 is 2.47 bits per heavy atom. The van der Waals surface area contributed by atoms with E-state index in [1.54, 1.807) is 0 Å². The van der Waals surface area contributed by atoms with Gasteiger partial charge in [0.15, 0.2) is 11.6 Å². The molecule has 1 aromatic carbocycles. The smallest absolute Gasteiger partial charge is 0.152 e. The van der Waals surface area contributed by atoms with E-state index in [-0.39, 0.29) is 13.2 Å². The van der Waals surface area contributed by atoms with Crippen LogP contribution in [-0.4, -0.2) is 31.0 Å². The van der Waals surface area contributed by atoms with Crippen LogP contribution in [0.4, 0.5) is 18.9 Å². The summed E-state index contributed by atoms with van der Waals surface area (Å²) in [6, 6.07) is 1.16. The maximum Gasteiger partial charge on any atom is 0.152 e. The summed E-state index contributed by atoms with van der Waals surface area (Å²) >= 11 is 0. The first-order chi connectivity index (χ1) is 9.04. The Morgan fingerprint density at radius 2 is 1.89 bits per heavy atom. The van der Waals surface area contributed by atoms with Gasteiger partial charge in [-0.2, -0.15) is 0 Å². The lowest BCUT2D eigenvalue weighted by Crippen LogP contribution is -2.25. The van der Waals surface area contributed by atoms with E-state index in [1.165, 1.54) is 0 Å². The number of hydrogen-bond acceptors (Lipinski definition) is 3. The third-order valence-electron chi connectivity index (χ3n) is 2.47. The Bertz CT molecular complexity index is 378. The second kappa shape index (κ2) is 8.01. The third-order valence-corrected chi connectivity index (χ3v) is 2.47. The van der Waals surface area contributed by atoms with E-state index in [4.69, 9.17) is 4.74 Å². The second-order valence-electron chi connectivity index (χ2n) is 4.21. The predicted octanol–water partition coefficient (Wildman–Crippen LogP) is 2.69. The average molecular weight is 277 g/mol. The van der Waals surface area contributed by atoms with Crippen LogP contribution in [0.15, 0.2) is 12.1 Å². The summed E-state index contributed by atoms with van der Waals surface area (Å²) in [6.45, 7) is 2.55. The van der Waals surface area contributed by atoms with Crippen molar-refractivity contribution < 1.29 is 23.0 Å². The molecule has 0 aromatic heterocycles. The Morgan fingerprint density at radius 1 is 1.26 bits per heavy atom. The zero-order valence-corrected chi connectivity index (χ0v) is 10.8. The summed E-state index contributed by atoms with van der Waals surface area (Å²) in [7, 11) is 0. The fourth-order valence-electron chi connectivity index (χ4n) is 1.46. The number of halogens is 3. The molecular formula is C13H18F3NO2. The molecule has 0 spiro atoms. The number of ether oxygens (including phenoxy) is 1. The van der Waals surface area contributed by atoms with Gasteiger partial charge in [-0.25, -0.2) is 13.2 Å². The molecule has 1 atom stereocenters. The molecule has 0 saturated heterocycles. The molecular weight excluding hydrogens is 259 g/mol. The molecule has 0 radical (unpaired) electrons. The third kappa shape index (κ3) is 5.48. The van der Waals surface area contributed by atoms with Gasteiger partial charge in [-0.3, -0.25) is 0 Å². The van der Waals surface area contributed by atoms with Crippen molar-refractivity contribution >= 4 is 5.69 Å².